The lowest BCUT2D eigenvalue weighted by Gasteiger charge is -2.31. The third kappa shape index (κ3) is 1.40. The number of alkyl halides is 1. The number of hydrogen-bond acceptors (Lipinski definition) is 2. The van der Waals surface area contributed by atoms with Gasteiger partial charge in [-0.3, -0.25) is 4.79 Å². The van der Waals surface area contributed by atoms with E-state index in [4.69, 9.17) is 4.74 Å². The first-order chi connectivity index (χ1) is 6.73. The zero-order valence-corrected chi connectivity index (χ0v) is 10.3. The molecule has 0 aromatic carbocycles. The van der Waals surface area contributed by atoms with Crippen molar-refractivity contribution in [3.05, 3.63) is 12.7 Å². The molecule has 14 heavy (non-hydrogen) atoms. The topological polar surface area (TPSA) is 26.3 Å². The fourth-order valence-corrected chi connectivity index (χ4v) is 4.29. The van der Waals surface area contributed by atoms with Crippen LogP contribution in [0.2, 0.25) is 0 Å². The molecular weight excluding hydrogens is 291 g/mol. The molecule has 0 aromatic rings. The van der Waals surface area contributed by atoms with Gasteiger partial charge >= 0.3 is 5.97 Å². The maximum absolute atomic E-state index is 11.3. The molecule has 1 heterocycles. The quantitative estimate of drug-likeness (QED) is 0.347. The predicted octanol–water partition coefficient (Wildman–Crippen LogP) is 2.71. The fourth-order valence-electron chi connectivity index (χ4n) is 2.88. The second-order valence-electron chi connectivity index (χ2n) is 4.26. The Kier molecular flexibility index (Phi) is 2.86. The zero-order chi connectivity index (χ0) is 10.2. The summed E-state index contributed by atoms with van der Waals surface area (Å²) < 4.78 is 6.52. The number of allylic oxidation sites excluding steroid dienone is 1. The Hall–Kier alpha value is -0.0600. The van der Waals surface area contributed by atoms with Gasteiger partial charge in [-0.1, -0.05) is 28.7 Å². The molecule has 0 aromatic heterocycles. The highest BCUT2D eigenvalue weighted by atomic mass is 127. The molecule has 0 bridgehead atoms. The number of carbonyl (C=O) groups excluding carboxylic acids is 1. The average Bonchev–Trinajstić information content (AvgIpc) is 2.63. The van der Waals surface area contributed by atoms with Gasteiger partial charge in [0.15, 0.2) is 0 Å². The molecule has 2 aliphatic rings. The van der Waals surface area contributed by atoms with Gasteiger partial charge in [-0.25, -0.2) is 0 Å². The summed E-state index contributed by atoms with van der Waals surface area (Å²) in [5.41, 5.74) is -0.147. The van der Waals surface area contributed by atoms with Crippen molar-refractivity contribution in [3.8, 4) is 0 Å². The molecule has 2 fully saturated rings. The first-order valence-corrected chi connectivity index (χ1v) is 6.64. The number of esters is 1. The van der Waals surface area contributed by atoms with Crippen LogP contribution < -0.4 is 0 Å². The minimum absolute atomic E-state index is 0.000397. The number of carbonyl (C=O) groups is 1. The predicted molar refractivity (Wildman–Crippen MR) is 63.4 cm³/mol. The van der Waals surface area contributed by atoms with Crippen molar-refractivity contribution in [2.45, 2.75) is 31.3 Å². The molecule has 2 nitrogen and oxygen atoms in total. The second-order valence-corrected chi connectivity index (χ2v) is 5.03. The van der Waals surface area contributed by atoms with Crippen LogP contribution in [0.1, 0.15) is 25.7 Å². The van der Waals surface area contributed by atoms with Crippen molar-refractivity contribution in [1.29, 1.82) is 0 Å². The first-order valence-electron chi connectivity index (χ1n) is 5.11. The molecule has 2 rings (SSSR count). The molecule has 0 radical (unpaired) electrons. The van der Waals surface area contributed by atoms with Crippen molar-refractivity contribution in [2.75, 3.05) is 4.43 Å². The lowest BCUT2D eigenvalue weighted by Crippen LogP contribution is -2.40. The number of fused-ring (bicyclic) bond motifs is 1. The molecule has 1 saturated heterocycles. The van der Waals surface area contributed by atoms with Crippen molar-refractivity contribution < 1.29 is 9.53 Å². The van der Waals surface area contributed by atoms with Crippen molar-refractivity contribution in [2.24, 2.45) is 11.8 Å². The minimum atomic E-state index is -0.147. The second kappa shape index (κ2) is 3.83. The molecule has 3 atom stereocenters. The summed E-state index contributed by atoms with van der Waals surface area (Å²) >= 11 is 2.35. The maximum Gasteiger partial charge on any atom is 0.306 e. The van der Waals surface area contributed by atoms with E-state index in [0.717, 1.165) is 17.3 Å². The van der Waals surface area contributed by atoms with Gasteiger partial charge in [-0.2, -0.15) is 0 Å². The Morgan fingerprint density at radius 3 is 3.07 bits per heavy atom. The van der Waals surface area contributed by atoms with E-state index in [1.165, 1.54) is 6.42 Å². The van der Waals surface area contributed by atoms with Crippen LogP contribution in [0, 0.1) is 11.8 Å². The van der Waals surface area contributed by atoms with Gasteiger partial charge < -0.3 is 4.74 Å². The van der Waals surface area contributed by atoms with E-state index in [-0.39, 0.29) is 11.6 Å². The van der Waals surface area contributed by atoms with Gasteiger partial charge in [-0.05, 0) is 19.3 Å². The Morgan fingerprint density at radius 2 is 2.43 bits per heavy atom. The van der Waals surface area contributed by atoms with E-state index in [0.29, 0.717) is 18.3 Å². The summed E-state index contributed by atoms with van der Waals surface area (Å²) in [6.07, 6.45) is 5.90. The van der Waals surface area contributed by atoms with Crippen LogP contribution in [0.3, 0.4) is 0 Å². The molecule has 78 valence electrons. The van der Waals surface area contributed by atoms with Crippen LogP contribution in [-0.4, -0.2) is 16.0 Å². The van der Waals surface area contributed by atoms with E-state index < -0.39 is 0 Å². The van der Waals surface area contributed by atoms with E-state index >= 15 is 0 Å². The minimum Gasteiger partial charge on any atom is -0.458 e. The molecule has 1 aliphatic heterocycles. The monoisotopic (exact) mass is 306 g/mol. The normalized spacial score (nSPS) is 40.8. The smallest absolute Gasteiger partial charge is 0.306 e. The summed E-state index contributed by atoms with van der Waals surface area (Å²) in [5, 5.41) is 0. The van der Waals surface area contributed by atoms with Gasteiger partial charge in [0.05, 0.1) is 6.42 Å². The van der Waals surface area contributed by atoms with Crippen molar-refractivity contribution in [3.63, 3.8) is 0 Å². The number of hydrogen-bond donors (Lipinski definition) is 0. The number of ether oxygens (including phenoxy) is 1. The van der Waals surface area contributed by atoms with Gasteiger partial charge in [0.2, 0.25) is 0 Å². The highest BCUT2D eigenvalue weighted by molar-refractivity contribution is 14.1. The molecule has 3 heteroatoms. The summed E-state index contributed by atoms with van der Waals surface area (Å²) in [7, 11) is 0. The summed E-state index contributed by atoms with van der Waals surface area (Å²) in [6, 6.07) is 0. The van der Waals surface area contributed by atoms with Crippen molar-refractivity contribution >= 4 is 28.6 Å². The van der Waals surface area contributed by atoms with Crippen LogP contribution in [0.5, 0.6) is 0 Å². The van der Waals surface area contributed by atoms with Crippen LogP contribution in [0.15, 0.2) is 12.7 Å². The molecule has 0 amide bonds. The van der Waals surface area contributed by atoms with Gasteiger partial charge in [0, 0.05) is 16.3 Å². The SMILES string of the molecule is C=CCC1CC[C@H]2CC(=O)O[C@@]12CI. The Bertz CT molecular complexity index is 264. The molecule has 1 unspecified atom stereocenters. The summed E-state index contributed by atoms with van der Waals surface area (Å²) in [4.78, 5) is 11.3. The lowest BCUT2D eigenvalue weighted by molar-refractivity contribution is -0.150. The van der Waals surface area contributed by atoms with E-state index in [1.807, 2.05) is 6.08 Å². The first kappa shape index (κ1) is 10.5. The van der Waals surface area contributed by atoms with E-state index in [2.05, 4.69) is 29.2 Å². The molecular formula is C11H15IO2. The highest BCUT2D eigenvalue weighted by Crippen LogP contribution is 2.51. The average molecular weight is 306 g/mol. The zero-order valence-electron chi connectivity index (χ0n) is 8.17. The highest BCUT2D eigenvalue weighted by Gasteiger charge is 2.56. The van der Waals surface area contributed by atoms with Crippen LogP contribution in [-0.2, 0) is 9.53 Å². The molecule has 1 aliphatic carbocycles. The van der Waals surface area contributed by atoms with Crippen molar-refractivity contribution in [1.82, 2.24) is 0 Å². The Labute approximate surface area is 98.2 Å². The van der Waals surface area contributed by atoms with Gasteiger partial charge in [0.1, 0.15) is 5.60 Å². The largest absolute Gasteiger partial charge is 0.458 e. The van der Waals surface area contributed by atoms with Gasteiger partial charge in [-0.15, -0.1) is 6.58 Å². The number of rotatable bonds is 3. The standard InChI is InChI=1S/C11H15IO2/c1-2-3-8-4-5-9-6-10(13)14-11(8,9)7-12/h2,8-9H,1,3-7H2/t8?,9-,11-/m0/s1. The van der Waals surface area contributed by atoms with Crippen LogP contribution in [0.25, 0.3) is 0 Å². The van der Waals surface area contributed by atoms with E-state index in [1.54, 1.807) is 0 Å². The third-order valence-electron chi connectivity index (χ3n) is 3.62. The van der Waals surface area contributed by atoms with Crippen LogP contribution >= 0.6 is 22.6 Å². The van der Waals surface area contributed by atoms with Crippen LogP contribution in [0.4, 0.5) is 0 Å². The van der Waals surface area contributed by atoms with Gasteiger partial charge in [0.25, 0.3) is 0 Å². The summed E-state index contributed by atoms with van der Waals surface area (Å²) in [6.45, 7) is 3.78. The molecule has 1 saturated carbocycles. The maximum atomic E-state index is 11.3. The molecule has 0 spiro atoms. The lowest BCUT2D eigenvalue weighted by atomic mass is 9.84. The molecule has 0 N–H and O–H groups in total. The number of halogens is 1. The Morgan fingerprint density at radius 1 is 1.64 bits per heavy atom. The Balaban J connectivity index is 2.22. The van der Waals surface area contributed by atoms with E-state index in [9.17, 15) is 4.79 Å². The summed E-state index contributed by atoms with van der Waals surface area (Å²) in [5.74, 6) is 0.977. The fraction of sp³-hybridized carbons (Fsp3) is 0.727. The third-order valence-corrected chi connectivity index (χ3v) is 4.81.